The molecule has 0 bridgehead atoms. The van der Waals surface area contributed by atoms with Crippen molar-refractivity contribution < 1.29 is 8.42 Å². The number of aryl methyl sites for hydroxylation is 2. The Kier molecular flexibility index (Phi) is 6.57. The Bertz CT molecular complexity index is 717. The molecule has 126 valence electrons. The smallest absolute Gasteiger partial charge is 0.173 e. The average Bonchev–Trinajstić information content (AvgIpc) is 2.58. The summed E-state index contributed by atoms with van der Waals surface area (Å²) in [6.07, 6.45) is 2.79. The van der Waals surface area contributed by atoms with E-state index in [0.717, 1.165) is 11.1 Å². The number of hydrogen-bond acceptors (Lipinski definition) is 2. The molecule has 2 rings (SSSR count). The summed E-state index contributed by atoms with van der Waals surface area (Å²) >= 11 is 0. The van der Waals surface area contributed by atoms with Crippen LogP contribution in [0, 0.1) is 13.8 Å². The topological polar surface area (TPSA) is 62.1 Å². The molecule has 0 aliphatic carbocycles. The van der Waals surface area contributed by atoms with E-state index in [9.17, 15) is 8.42 Å². The van der Waals surface area contributed by atoms with E-state index >= 15 is 0 Å². The quantitative estimate of drug-likeness (QED) is 0.587. The number of nitrogens with zero attached hydrogens (tertiary/aromatic N) is 3. The zero-order chi connectivity index (χ0) is 17.5. The highest BCUT2D eigenvalue weighted by Crippen LogP contribution is 2.10. The molecule has 0 N–H and O–H groups in total. The summed E-state index contributed by atoms with van der Waals surface area (Å²) in [4.78, 5) is 2.77. The second-order valence-electron chi connectivity index (χ2n) is 5.23. The molecule has 0 heterocycles. The van der Waals surface area contributed by atoms with Gasteiger partial charge in [0.05, 0.1) is 9.79 Å². The molecule has 0 radical (unpaired) electrons. The summed E-state index contributed by atoms with van der Waals surface area (Å²) in [6, 6.07) is 14.7. The molecule has 0 aliphatic rings. The molecular weight excluding hydrogens is 342 g/mol. The minimum Gasteiger partial charge on any atom is -0.325 e. The molecule has 2 atom stereocenters. The van der Waals surface area contributed by atoms with Crippen LogP contribution in [0.25, 0.3) is 0 Å². The van der Waals surface area contributed by atoms with Gasteiger partial charge in [-0.15, -0.1) is 0 Å². The maximum absolute atomic E-state index is 12.0. The van der Waals surface area contributed by atoms with E-state index in [1.54, 1.807) is 31.3 Å². The van der Waals surface area contributed by atoms with Crippen LogP contribution in [-0.4, -0.2) is 33.0 Å². The summed E-state index contributed by atoms with van der Waals surface area (Å²) in [6.45, 7) is 3.93. The van der Waals surface area contributed by atoms with Crippen molar-refractivity contribution in [2.45, 2.75) is 23.6 Å². The first-order valence-electron chi connectivity index (χ1n) is 7.23. The summed E-state index contributed by atoms with van der Waals surface area (Å²) in [5.41, 5.74) is 2.20. The van der Waals surface area contributed by atoms with Crippen LogP contribution < -0.4 is 0 Å². The second-order valence-corrected chi connectivity index (χ2v) is 7.59. The van der Waals surface area contributed by atoms with Gasteiger partial charge in [-0.1, -0.05) is 35.4 Å². The van der Waals surface area contributed by atoms with Gasteiger partial charge in [0.25, 0.3) is 0 Å². The van der Waals surface area contributed by atoms with Crippen LogP contribution in [0.2, 0.25) is 0 Å². The zero-order valence-corrected chi connectivity index (χ0v) is 15.4. The average molecular weight is 361 g/mol. The predicted molar refractivity (Wildman–Crippen MR) is 99.9 cm³/mol. The molecule has 0 saturated carbocycles. The third-order valence-corrected chi connectivity index (χ3v) is 5.02. The van der Waals surface area contributed by atoms with Crippen LogP contribution in [0.3, 0.4) is 0 Å². The zero-order valence-electron chi connectivity index (χ0n) is 13.7. The van der Waals surface area contributed by atoms with Crippen molar-refractivity contribution in [3.8, 4) is 0 Å². The molecule has 0 saturated heterocycles. The largest absolute Gasteiger partial charge is 0.325 e. The SMILES string of the molecule is Cc1ccc(S(=O)/N=C/N(C)/C=N/S(=O)c2ccc(C)cc2)cc1. The van der Waals surface area contributed by atoms with Gasteiger partial charge in [-0.05, 0) is 38.1 Å². The Labute approximate surface area is 147 Å². The molecular formula is C17H19N3O2S2. The van der Waals surface area contributed by atoms with E-state index in [-0.39, 0.29) is 0 Å². The molecule has 0 spiro atoms. The van der Waals surface area contributed by atoms with Crippen molar-refractivity contribution in [3.63, 3.8) is 0 Å². The van der Waals surface area contributed by atoms with Gasteiger partial charge in [0.2, 0.25) is 0 Å². The van der Waals surface area contributed by atoms with E-state index in [1.807, 2.05) is 38.1 Å². The summed E-state index contributed by atoms with van der Waals surface area (Å²) < 4.78 is 32.0. The van der Waals surface area contributed by atoms with E-state index in [1.165, 1.54) is 17.6 Å². The maximum atomic E-state index is 12.0. The lowest BCUT2D eigenvalue weighted by molar-refractivity contribution is 0.683. The molecule has 5 nitrogen and oxygen atoms in total. The number of rotatable bonds is 6. The molecule has 0 fully saturated rings. The lowest BCUT2D eigenvalue weighted by Crippen LogP contribution is -2.14. The Hall–Kier alpha value is -2.12. The first-order valence-corrected chi connectivity index (χ1v) is 9.44. The van der Waals surface area contributed by atoms with E-state index in [0.29, 0.717) is 9.79 Å². The molecule has 0 amide bonds. The highest BCUT2D eigenvalue weighted by Gasteiger charge is 2.02. The van der Waals surface area contributed by atoms with Crippen molar-refractivity contribution in [2.75, 3.05) is 7.05 Å². The van der Waals surface area contributed by atoms with Gasteiger partial charge in [-0.2, -0.15) is 8.80 Å². The Morgan fingerprint density at radius 3 is 1.42 bits per heavy atom. The minimum atomic E-state index is -1.47. The van der Waals surface area contributed by atoms with Crippen LogP contribution in [0.4, 0.5) is 0 Å². The van der Waals surface area contributed by atoms with Crippen molar-refractivity contribution in [3.05, 3.63) is 59.7 Å². The standard InChI is InChI=1S/C17H19N3O2S2/c1-14-4-8-16(9-5-14)23(21)18-12-20(3)13-19-24(22)17-10-6-15(2)7-11-17/h4-13H,1-3H3/b18-12+,19-13+. The maximum Gasteiger partial charge on any atom is 0.173 e. The molecule has 2 aromatic rings. The fourth-order valence-electron chi connectivity index (χ4n) is 1.70. The van der Waals surface area contributed by atoms with Crippen molar-refractivity contribution in [1.29, 1.82) is 0 Å². The molecule has 0 aliphatic heterocycles. The minimum absolute atomic E-state index is 0.630. The van der Waals surface area contributed by atoms with Crippen LogP contribution in [-0.2, 0) is 22.0 Å². The summed E-state index contributed by atoms with van der Waals surface area (Å²) in [5.74, 6) is 0. The fraction of sp³-hybridized carbons (Fsp3) is 0.176. The van der Waals surface area contributed by atoms with Crippen LogP contribution >= 0.6 is 0 Å². The van der Waals surface area contributed by atoms with Crippen molar-refractivity contribution in [2.24, 2.45) is 8.80 Å². The van der Waals surface area contributed by atoms with Crippen molar-refractivity contribution in [1.82, 2.24) is 4.90 Å². The first kappa shape index (κ1) is 18.2. The Balaban J connectivity index is 1.95. The van der Waals surface area contributed by atoms with E-state index in [2.05, 4.69) is 8.80 Å². The highest BCUT2D eigenvalue weighted by molar-refractivity contribution is 7.84. The van der Waals surface area contributed by atoms with Gasteiger partial charge in [0.1, 0.15) is 12.7 Å². The van der Waals surface area contributed by atoms with Crippen LogP contribution in [0.1, 0.15) is 11.1 Å². The first-order chi connectivity index (χ1) is 11.5. The Morgan fingerprint density at radius 2 is 1.08 bits per heavy atom. The third-order valence-electron chi connectivity index (χ3n) is 3.10. The molecule has 2 aromatic carbocycles. The van der Waals surface area contributed by atoms with E-state index in [4.69, 9.17) is 0 Å². The summed E-state index contributed by atoms with van der Waals surface area (Å²) in [5, 5.41) is 0. The monoisotopic (exact) mass is 361 g/mol. The van der Waals surface area contributed by atoms with Gasteiger partial charge in [0.15, 0.2) is 22.0 Å². The molecule has 24 heavy (non-hydrogen) atoms. The lowest BCUT2D eigenvalue weighted by Gasteiger charge is -2.04. The van der Waals surface area contributed by atoms with Crippen LogP contribution in [0.15, 0.2) is 67.1 Å². The molecule has 0 aromatic heterocycles. The van der Waals surface area contributed by atoms with Gasteiger partial charge in [-0.25, -0.2) is 8.42 Å². The molecule has 7 heteroatoms. The number of benzene rings is 2. The van der Waals surface area contributed by atoms with Gasteiger partial charge in [0, 0.05) is 7.05 Å². The van der Waals surface area contributed by atoms with Gasteiger partial charge >= 0.3 is 0 Å². The highest BCUT2D eigenvalue weighted by atomic mass is 32.2. The second kappa shape index (κ2) is 8.65. The third kappa shape index (κ3) is 5.50. The fourth-order valence-corrected chi connectivity index (χ4v) is 3.15. The lowest BCUT2D eigenvalue weighted by atomic mass is 10.2. The van der Waals surface area contributed by atoms with Crippen molar-refractivity contribution >= 4 is 34.6 Å². The molecule has 2 unspecified atom stereocenters. The Morgan fingerprint density at radius 1 is 0.750 bits per heavy atom. The van der Waals surface area contributed by atoms with Crippen LogP contribution in [0.5, 0.6) is 0 Å². The normalized spacial score (nSPS) is 14.1. The van der Waals surface area contributed by atoms with Gasteiger partial charge < -0.3 is 4.90 Å². The summed E-state index contributed by atoms with van der Waals surface area (Å²) in [7, 11) is -1.26. The van der Waals surface area contributed by atoms with E-state index < -0.39 is 22.0 Å². The predicted octanol–water partition coefficient (Wildman–Crippen LogP) is 3.04. The number of hydrogen-bond donors (Lipinski definition) is 0. The van der Waals surface area contributed by atoms with Gasteiger partial charge in [-0.3, -0.25) is 0 Å².